The lowest BCUT2D eigenvalue weighted by Gasteiger charge is -2.16. The van der Waals surface area contributed by atoms with Gasteiger partial charge in [0, 0.05) is 7.05 Å². The quantitative estimate of drug-likeness (QED) is 0.294. The lowest BCUT2D eigenvalue weighted by molar-refractivity contribution is -0.114. The molecule has 3 aromatic rings. The monoisotopic (exact) mass is 496 g/mol. The fourth-order valence-electron chi connectivity index (χ4n) is 3.47. The first-order valence-electron chi connectivity index (χ1n) is 10.6. The van der Waals surface area contributed by atoms with Crippen LogP contribution in [0.3, 0.4) is 0 Å². The summed E-state index contributed by atoms with van der Waals surface area (Å²) in [6.45, 7) is 2.73. The van der Waals surface area contributed by atoms with Gasteiger partial charge in [0.2, 0.25) is 0 Å². The highest BCUT2D eigenvalue weighted by molar-refractivity contribution is 7.80. The molecule has 1 fully saturated rings. The van der Waals surface area contributed by atoms with E-state index in [0.29, 0.717) is 33.9 Å². The van der Waals surface area contributed by atoms with E-state index in [-0.39, 0.29) is 18.3 Å². The van der Waals surface area contributed by atoms with Gasteiger partial charge in [0.15, 0.2) is 5.11 Å². The Balaban J connectivity index is 1.51. The molecule has 5 nitrogen and oxygen atoms in total. The zero-order chi connectivity index (χ0) is 24.2. The van der Waals surface area contributed by atoms with Crippen LogP contribution in [0.5, 0.6) is 11.5 Å². The van der Waals surface area contributed by atoms with Crippen molar-refractivity contribution in [3.8, 4) is 11.5 Å². The Morgan fingerprint density at radius 3 is 2.38 bits per heavy atom. The summed E-state index contributed by atoms with van der Waals surface area (Å²) >= 11 is 11.9. The van der Waals surface area contributed by atoms with Crippen molar-refractivity contribution in [3.63, 3.8) is 0 Å². The first-order chi connectivity index (χ1) is 16.4. The van der Waals surface area contributed by atoms with E-state index >= 15 is 0 Å². The molecular formula is C26H22ClFN2O3S. The molecule has 0 atom stereocenters. The third kappa shape index (κ3) is 5.05. The van der Waals surface area contributed by atoms with E-state index in [9.17, 15) is 9.18 Å². The van der Waals surface area contributed by atoms with Crippen LogP contribution in [0.1, 0.15) is 18.1 Å². The molecule has 0 N–H and O–H groups in total. The van der Waals surface area contributed by atoms with Crippen molar-refractivity contribution in [1.29, 1.82) is 0 Å². The van der Waals surface area contributed by atoms with Gasteiger partial charge in [0.1, 0.15) is 29.6 Å². The second kappa shape index (κ2) is 10.2. The highest BCUT2D eigenvalue weighted by Crippen LogP contribution is 2.31. The molecule has 1 aliphatic heterocycles. The summed E-state index contributed by atoms with van der Waals surface area (Å²) in [6, 6.07) is 18.6. The lowest BCUT2D eigenvalue weighted by atomic mass is 10.1. The third-order valence-corrected chi connectivity index (χ3v) is 5.99. The van der Waals surface area contributed by atoms with Crippen molar-refractivity contribution in [3.05, 3.63) is 94.4 Å². The van der Waals surface area contributed by atoms with Gasteiger partial charge in [0.25, 0.3) is 5.91 Å². The predicted octanol–water partition coefficient (Wildman–Crippen LogP) is 6.06. The Morgan fingerprint density at radius 2 is 1.74 bits per heavy atom. The van der Waals surface area contributed by atoms with E-state index in [0.717, 1.165) is 16.9 Å². The first-order valence-corrected chi connectivity index (χ1v) is 11.4. The fraction of sp³-hybridized carbons (Fsp3) is 0.154. The SMILES string of the molecule is CCOc1ccc(N2C(=O)/C(=C/c3ccc(OCc4ccc(F)cc4)c(Cl)c3)N(C)C2=S)cc1. The Bertz CT molecular complexity index is 1250. The molecule has 0 aliphatic carbocycles. The molecule has 0 radical (unpaired) electrons. The van der Waals surface area contributed by atoms with Crippen molar-refractivity contribution in [2.75, 3.05) is 18.6 Å². The number of hydrogen-bond donors (Lipinski definition) is 0. The van der Waals surface area contributed by atoms with Gasteiger partial charge in [-0.1, -0.05) is 29.8 Å². The Kier molecular flexibility index (Phi) is 7.14. The van der Waals surface area contributed by atoms with Gasteiger partial charge in [-0.2, -0.15) is 0 Å². The molecule has 174 valence electrons. The third-order valence-electron chi connectivity index (χ3n) is 5.23. The molecular weight excluding hydrogens is 475 g/mol. The van der Waals surface area contributed by atoms with E-state index in [1.165, 1.54) is 17.0 Å². The van der Waals surface area contributed by atoms with Crippen LogP contribution >= 0.6 is 23.8 Å². The standard InChI is InChI=1S/C26H22ClFN2O3S/c1-3-32-21-11-9-20(10-12-21)30-25(31)23(29(2)26(30)34)15-18-6-13-24(22(27)14-18)33-16-17-4-7-19(28)8-5-17/h4-15H,3,16H2,1-2H3/b23-15-. The van der Waals surface area contributed by atoms with Crippen molar-refractivity contribution in [2.24, 2.45) is 0 Å². The number of carbonyl (C=O) groups is 1. The van der Waals surface area contributed by atoms with Gasteiger partial charge in [-0.25, -0.2) is 4.39 Å². The zero-order valence-electron chi connectivity index (χ0n) is 18.6. The highest BCUT2D eigenvalue weighted by Gasteiger charge is 2.36. The number of hydrogen-bond acceptors (Lipinski definition) is 4. The molecule has 0 saturated carbocycles. The van der Waals surface area contributed by atoms with Crippen LogP contribution in [-0.4, -0.2) is 29.6 Å². The van der Waals surface area contributed by atoms with Gasteiger partial charge in [-0.05, 0) is 84.9 Å². The van der Waals surface area contributed by atoms with Crippen LogP contribution in [0, 0.1) is 5.82 Å². The van der Waals surface area contributed by atoms with E-state index in [4.69, 9.17) is 33.3 Å². The van der Waals surface area contributed by atoms with Crippen LogP contribution in [0.4, 0.5) is 10.1 Å². The topological polar surface area (TPSA) is 42.0 Å². The minimum Gasteiger partial charge on any atom is -0.494 e. The van der Waals surface area contributed by atoms with Crippen molar-refractivity contribution >= 4 is 46.6 Å². The maximum absolute atomic E-state index is 13.2. The molecule has 0 unspecified atom stereocenters. The summed E-state index contributed by atoms with van der Waals surface area (Å²) in [4.78, 5) is 16.3. The van der Waals surface area contributed by atoms with Crippen molar-refractivity contribution in [2.45, 2.75) is 13.5 Å². The van der Waals surface area contributed by atoms with Gasteiger partial charge >= 0.3 is 0 Å². The normalized spacial score (nSPS) is 14.8. The molecule has 0 bridgehead atoms. The summed E-state index contributed by atoms with van der Waals surface area (Å²) in [5.74, 6) is 0.686. The summed E-state index contributed by atoms with van der Waals surface area (Å²) in [7, 11) is 1.75. The summed E-state index contributed by atoms with van der Waals surface area (Å²) < 4.78 is 24.3. The minimum absolute atomic E-state index is 0.232. The molecule has 3 aromatic carbocycles. The average Bonchev–Trinajstić information content (AvgIpc) is 3.03. The molecule has 8 heteroatoms. The van der Waals surface area contributed by atoms with E-state index < -0.39 is 0 Å². The number of halogens is 2. The maximum Gasteiger partial charge on any atom is 0.281 e. The van der Waals surface area contributed by atoms with Crippen molar-refractivity contribution in [1.82, 2.24) is 4.90 Å². The number of amides is 1. The van der Waals surface area contributed by atoms with Crippen LogP contribution in [0.2, 0.25) is 5.02 Å². The van der Waals surface area contributed by atoms with Gasteiger partial charge in [-0.15, -0.1) is 0 Å². The molecule has 1 amide bonds. The number of nitrogens with zero attached hydrogens (tertiary/aromatic N) is 2. The fourth-order valence-corrected chi connectivity index (χ4v) is 4.00. The van der Waals surface area contributed by atoms with E-state index in [2.05, 4.69) is 0 Å². The Labute approximate surface area is 208 Å². The Hall–Kier alpha value is -3.42. The van der Waals surface area contributed by atoms with Gasteiger partial charge < -0.3 is 14.4 Å². The molecule has 0 spiro atoms. The van der Waals surface area contributed by atoms with Crippen LogP contribution in [0.15, 0.2) is 72.4 Å². The second-order valence-corrected chi connectivity index (χ2v) is 8.32. The minimum atomic E-state index is -0.300. The maximum atomic E-state index is 13.2. The Morgan fingerprint density at radius 1 is 1.03 bits per heavy atom. The number of ether oxygens (including phenoxy) is 2. The first kappa shape index (κ1) is 23.7. The average molecular weight is 497 g/mol. The summed E-state index contributed by atoms with van der Waals surface area (Å²) in [6.07, 6.45) is 1.73. The predicted molar refractivity (Wildman–Crippen MR) is 136 cm³/mol. The van der Waals surface area contributed by atoms with Crippen LogP contribution < -0.4 is 14.4 Å². The number of rotatable bonds is 7. The number of thiocarbonyl (C=S) groups is 1. The number of likely N-dealkylation sites (N-methyl/N-ethyl adjacent to an activating group) is 1. The molecule has 0 aromatic heterocycles. The molecule has 1 aliphatic rings. The van der Waals surface area contributed by atoms with E-state index in [1.807, 2.05) is 13.0 Å². The van der Waals surface area contributed by atoms with Gasteiger partial charge in [-0.3, -0.25) is 9.69 Å². The number of carbonyl (C=O) groups excluding carboxylic acids is 1. The summed E-state index contributed by atoms with van der Waals surface area (Å²) in [5, 5.41) is 0.779. The molecule has 4 rings (SSSR count). The van der Waals surface area contributed by atoms with Crippen LogP contribution in [-0.2, 0) is 11.4 Å². The molecule has 1 saturated heterocycles. The smallest absolute Gasteiger partial charge is 0.281 e. The summed E-state index contributed by atoms with van der Waals surface area (Å²) in [5.41, 5.74) is 2.64. The zero-order valence-corrected chi connectivity index (χ0v) is 20.2. The highest BCUT2D eigenvalue weighted by atomic mass is 35.5. The van der Waals surface area contributed by atoms with Crippen molar-refractivity contribution < 1.29 is 18.7 Å². The van der Waals surface area contributed by atoms with Crippen LogP contribution in [0.25, 0.3) is 6.08 Å². The number of benzene rings is 3. The number of anilines is 1. The second-order valence-electron chi connectivity index (χ2n) is 7.54. The molecule has 34 heavy (non-hydrogen) atoms. The van der Waals surface area contributed by atoms with E-state index in [1.54, 1.807) is 66.6 Å². The van der Waals surface area contributed by atoms with Gasteiger partial charge in [0.05, 0.1) is 17.3 Å². The largest absolute Gasteiger partial charge is 0.494 e. The molecule has 1 heterocycles. The lowest BCUT2D eigenvalue weighted by Crippen LogP contribution is -2.31.